The van der Waals surface area contributed by atoms with Gasteiger partial charge in [0, 0.05) is 34.9 Å². The van der Waals surface area contributed by atoms with Gasteiger partial charge in [0.05, 0.1) is 0 Å². The van der Waals surface area contributed by atoms with Gasteiger partial charge in [-0.1, -0.05) is 23.7 Å². The Morgan fingerprint density at radius 3 is 2.38 bits per heavy atom. The van der Waals surface area contributed by atoms with Crippen LogP contribution in [0.15, 0.2) is 48.5 Å². The van der Waals surface area contributed by atoms with E-state index in [1.165, 1.54) is 6.42 Å². The van der Waals surface area contributed by atoms with Gasteiger partial charge in [0.15, 0.2) is 0 Å². The van der Waals surface area contributed by atoms with E-state index in [4.69, 9.17) is 11.6 Å². The molecule has 24 heavy (non-hydrogen) atoms. The summed E-state index contributed by atoms with van der Waals surface area (Å²) in [6.45, 7) is 1.58. The lowest BCUT2D eigenvalue weighted by Crippen LogP contribution is -2.35. The predicted octanol–water partition coefficient (Wildman–Crippen LogP) is 4.22. The van der Waals surface area contributed by atoms with Crippen molar-refractivity contribution in [2.75, 3.05) is 18.4 Å². The van der Waals surface area contributed by atoms with Crippen LogP contribution in [0.2, 0.25) is 5.02 Å². The molecule has 1 heterocycles. The molecule has 0 unspecified atom stereocenters. The summed E-state index contributed by atoms with van der Waals surface area (Å²) in [7, 11) is 0. The van der Waals surface area contributed by atoms with Crippen LogP contribution in [0.4, 0.5) is 5.69 Å². The molecule has 0 aliphatic carbocycles. The molecule has 0 atom stereocenters. The summed E-state index contributed by atoms with van der Waals surface area (Å²) in [5, 5.41) is 3.35. The van der Waals surface area contributed by atoms with Crippen LogP contribution in [0.3, 0.4) is 0 Å². The second kappa shape index (κ2) is 7.49. The van der Waals surface area contributed by atoms with Crippen LogP contribution in [-0.2, 0) is 0 Å². The molecule has 1 fully saturated rings. The number of carbonyl (C=O) groups is 2. The van der Waals surface area contributed by atoms with E-state index in [9.17, 15) is 9.59 Å². The van der Waals surface area contributed by atoms with Crippen molar-refractivity contribution in [3.63, 3.8) is 0 Å². The van der Waals surface area contributed by atoms with E-state index >= 15 is 0 Å². The molecule has 2 aromatic carbocycles. The van der Waals surface area contributed by atoms with Crippen molar-refractivity contribution in [3.8, 4) is 0 Å². The number of rotatable bonds is 3. The highest BCUT2D eigenvalue weighted by molar-refractivity contribution is 6.31. The molecule has 0 radical (unpaired) electrons. The molecule has 4 nitrogen and oxygen atoms in total. The number of likely N-dealkylation sites (tertiary alicyclic amines) is 1. The third-order valence-electron chi connectivity index (χ3n) is 4.10. The first kappa shape index (κ1) is 16.5. The summed E-state index contributed by atoms with van der Waals surface area (Å²) in [5.74, 6) is -0.266. The van der Waals surface area contributed by atoms with Gasteiger partial charge in [-0.15, -0.1) is 0 Å². The Balaban J connectivity index is 1.74. The predicted molar refractivity (Wildman–Crippen MR) is 95.6 cm³/mol. The van der Waals surface area contributed by atoms with Crippen LogP contribution in [0.1, 0.15) is 40.0 Å². The van der Waals surface area contributed by atoms with Gasteiger partial charge >= 0.3 is 0 Å². The van der Waals surface area contributed by atoms with E-state index in [-0.39, 0.29) is 11.8 Å². The van der Waals surface area contributed by atoms with Crippen molar-refractivity contribution in [2.24, 2.45) is 0 Å². The smallest absolute Gasteiger partial charge is 0.255 e. The Morgan fingerprint density at radius 1 is 0.917 bits per heavy atom. The first-order chi connectivity index (χ1) is 11.6. The highest BCUT2D eigenvalue weighted by atomic mass is 35.5. The zero-order valence-electron chi connectivity index (χ0n) is 13.3. The quantitative estimate of drug-likeness (QED) is 0.908. The second-order valence-electron chi connectivity index (χ2n) is 5.90. The molecular formula is C19H19ClN2O2. The zero-order chi connectivity index (χ0) is 16.9. The summed E-state index contributed by atoms with van der Waals surface area (Å²) >= 11 is 5.93. The van der Waals surface area contributed by atoms with Crippen molar-refractivity contribution < 1.29 is 9.59 Å². The fourth-order valence-corrected chi connectivity index (χ4v) is 3.03. The van der Waals surface area contributed by atoms with Crippen LogP contribution in [0, 0.1) is 0 Å². The fraction of sp³-hybridized carbons (Fsp3) is 0.263. The summed E-state index contributed by atoms with van der Waals surface area (Å²) in [5.41, 5.74) is 1.63. The van der Waals surface area contributed by atoms with Gasteiger partial charge < -0.3 is 10.2 Å². The minimum atomic E-state index is -0.259. The molecule has 1 aliphatic heterocycles. The molecule has 0 saturated carbocycles. The number of nitrogens with one attached hydrogen (secondary N) is 1. The van der Waals surface area contributed by atoms with E-state index in [0.717, 1.165) is 25.9 Å². The number of carbonyl (C=O) groups excluding carboxylic acids is 2. The van der Waals surface area contributed by atoms with Gasteiger partial charge in [-0.3, -0.25) is 9.59 Å². The Hall–Kier alpha value is -2.33. The van der Waals surface area contributed by atoms with Crippen molar-refractivity contribution in [1.82, 2.24) is 4.90 Å². The lowest BCUT2D eigenvalue weighted by Gasteiger charge is -2.26. The molecule has 124 valence electrons. The van der Waals surface area contributed by atoms with E-state index in [1.54, 1.807) is 48.5 Å². The molecule has 1 aliphatic rings. The summed E-state index contributed by atoms with van der Waals surface area (Å²) in [6, 6.07) is 13.8. The molecule has 0 spiro atoms. The fourth-order valence-electron chi connectivity index (χ4n) is 2.84. The van der Waals surface area contributed by atoms with Crippen LogP contribution >= 0.6 is 11.6 Å². The molecule has 1 saturated heterocycles. The SMILES string of the molecule is O=C(Nc1cccc(Cl)c1)c1cccc(C(=O)N2CCCCC2)c1. The van der Waals surface area contributed by atoms with Crippen LogP contribution in [-0.4, -0.2) is 29.8 Å². The number of benzene rings is 2. The number of hydrogen-bond acceptors (Lipinski definition) is 2. The van der Waals surface area contributed by atoms with Gasteiger partial charge in [0.1, 0.15) is 0 Å². The van der Waals surface area contributed by atoms with Gasteiger partial charge in [-0.05, 0) is 55.7 Å². The Bertz CT molecular complexity index is 755. The second-order valence-corrected chi connectivity index (χ2v) is 6.33. The maximum atomic E-state index is 12.6. The minimum Gasteiger partial charge on any atom is -0.339 e. The maximum absolute atomic E-state index is 12.6. The standard InChI is InChI=1S/C19H19ClN2O2/c20-16-8-5-9-17(13-16)21-18(23)14-6-4-7-15(12-14)19(24)22-10-2-1-3-11-22/h4-9,12-13H,1-3,10-11H2,(H,21,23). The molecule has 0 aromatic heterocycles. The lowest BCUT2D eigenvalue weighted by atomic mass is 10.1. The van der Waals surface area contributed by atoms with Crippen LogP contribution < -0.4 is 5.32 Å². The third kappa shape index (κ3) is 3.95. The Kier molecular flexibility index (Phi) is 5.16. The first-order valence-corrected chi connectivity index (χ1v) is 8.47. The van der Waals surface area contributed by atoms with Gasteiger partial charge in [0.2, 0.25) is 0 Å². The Labute approximate surface area is 146 Å². The largest absolute Gasteiger partial charge is 0.339 e. The monoisotopic (exact) mass is 342 g/mol. The molecule has 2 aromatic rings. The highest BCUT2D eigenvalue weighted by Gasteiger charge is 2.19. The lowest BCUT2D eigenvalue weighted by molar-refractivity contribution is 0.0724. The first-order valence-electron chi connectivity index (χ1n) is 8.10. The minimum absolute atomic E-state index is 0.00731. The van der Waals surface area contributed by atoms with Crippen molar-refractivity contribution in [2.45, 2.75) is 19.3 Å². The van der Waals surface area contributed by atoms with E-state index in [2.05, 4.69) is 5.32 Å². The summed E-state index contributed by atoms with van der Waals surface area (Å²) < 4.78 is 0. The Morgan fingerprint density at radius 2 is 1.62 bits per heavy atom. The molecule has 2 amide bonds. The topological polar surface area (TPSA) is 49.4 Å². The number of amides is 2. The van der Waals surface area contributed by atoms with Crippen molar-refractivity contribution >= 4 is 29.1 Å². The molecule has 5 heteroatoms. The maximum Gasteiger partial charge on any atom is 0.255 e. The zero-order valence-corrected chi connectivity index (χ0v) is 14.1. The number of anilines is 1. The average Bonchev–Trinajstić information content (AvgIpc) is 2.62. The molecule has 0 bridgehead atoms. The number of nitrogens with zero attached hydrogens (tertiary/aromatic N) is 1. The summed E-state index contributed by atoms with van der Waals surface area (Å²) in [6.07, 6.45) is 3.26. The number of halogens is 1. The number of hydrogen-bond donors (Lipinski definition) is 1. The van der Waals surface area contributed by atoms with E-state index in [1.807, 2.05) is 4.90 Å². The van der Waals surface area contributed by atoms with Crippen molar-refractivity contribution in [1.29, 1.82) is 0 Å². The van der Waals surface area contributed by atoms with Gasteiger partial charge in [-0.2, -0.15) is 0 Å². The summed E-state index contributed by atoms with van der Waals surface area (Å²) in [4.78, 5) is 26.8. The van der Waals surface area contributed by atoms with Gasteiger partial charge in [0.25, 0.3) is 11.8 Å². The average molecular weight is 343 g/mol. The number of piperidine rings is 1. The normalized spacial score (nSPS) is 14.3. The molecule has 3 rings (SSSR count). The highest BCUT2D eigenvalue weighted by Crippen LogP contribution is 2.17. The van der Waals surface area contributed by atoms with Gasteiger partial charge in [-0.25, -0.2) is 0 Å². The molecule has 1 N–H and O–H groups in total. The van der Waals surface area contributed by atoms with Crippen molar-refractivity contribution in [3.05, 3.63) is 64.7 Å². The van der Waals surface area contributed by atoms with E-state index < -0.39 is 0 Å². The van der Waals surface area contributed by atoms with E-state index in [0.29, 0.717) is 21.8 Å². The van der Waals surface area contributed by atoms with Crippen LogP contribution in [0.5, 0.6) is 0 Å². The third-order valence-corrected chi connectivity index (χ3v) is 4.33. The molecular weight excluding hydrogens is 324 g/mol. The van der Waals surface area contributed by atoms with Crippen LogP contribution in [0.25, 0.3) is 0 Å².